The zero-order valence-corrected chi connectivity index (χ0v) is 12.7. The highest BCUT2D eigenvalue weighted by molar-refractivity contribution is 9.09. The maximum atomic E-state index is 12.0. The van der Waals surface area contributed by atoms with Crippen LogP contribution in [0.15, 0.2) is 11.1 Å². The molecule has 17 heavy (non-hydrogen) atoms. The molecule has 0 aliphatic rings. The molecule has 0 aliphatic heterocycles. The van der Waals surface area contributed by atoms with E-state index in [2.05, 4.69) is 30.8 Å². The molecule has 1 aromatic heterocycles. The molecule has 0 amide bonds. The number of sulfonamides is 1. The van der Waals surface area contributed by atoms with Crippen LogP contribution in [0.5, 0.6) is 0 Å². The molecule has 1 rings (SSSR count). The van der Waals surface area contributed by atoms with E-state index in [0.717, 1.165) is 11.8 Å². The number of aromatic amines is 1. The van der Waals surface area contributed by atoms with Crippen molar-refractivity contribution in [3.63, 3.8) is 0 Å². The SMILES string of the molecule is Cc1[nH]ncc1S(=O)(=O)NCC(C)(C)CCBr. The highest BCUT2D eigenvalue weighted by Gasteiger charge is 2.23. The Labute approximate surface area is 111 Å². The molecule has 0 saturated carbocycles. The van der Waals surface area contributed by atoms with E-state index in [1.165, 1.54) is 6.20 Å². The molecule has 1 aromatic rings. The van der Waals surface area contributed by atoms with Gasteiger partial charge in [-0.15, -0.1) is 0 Å². The summed E-state index contributed by atoms with van der Waals surface area (Å²) in [5.41, 5.74) is 0.476. The Balaban J connectivity index is 2.73. The number of halogens is 1. The maximum absolute atomic E-state index is 12.0. The van der Waals surface area contributed by atoms with Crippen LogP contribution in [-0.4, -0.2) is 30.5 Å². The molecule has 0 aromatic carbocycles. The van der Waals surface area contributed by atoms with E-state index in [1.54, 1.807) is 6.92 Å². The van der Waals surface area contributed by atoms with E-state index in [-0.39, 0.29) is 10.3 Å². The second kappa shape index (κ2) is 5.49. The van der Waals surface area contributed by atoms with Gasteiger partial charge in [0.1, 0.15) is 4.90 Å². The van der Waals surface area contributed by atoms with Crippen molar-refractivity contribution < 1.29 is 8.42 Å². The average Bonchev–Trinajstić information content (AvgIpc) is 2.63. The maximum Gasteiger partial charge on any atom is 0.243 e. The summed E-state index contributed by atoms with van der Waals surface area (Å²) in [5, 5.41) is 7.19. The summed E-state index contributed by atoms with van der Waals surface area (Å²) in [4.78, 5) is 0.215. The first-order chi connectivity index (χ1) is 7.78. The van der Waals surface area contributed by atoms with Gasteiger partial charge in [0.2, 0.25) is 10.0 Å². The lowest BCUT2D eigenvalue weighted by molar-refractivity contribution is 0.354. The second-order valence-corrected chi connectivity index (χ2v) is 7.32. The van der Waals surface area contributed by atoms with Crippen molar-refractivity contribution in [2.45, 2.75) is 32.1 Å². The van der Waals surface area contributed by atoms with Gasteiger partial charge in [-0.05, 0) is 18.8 Å². The molecule has 0 unspecified atom stereocenters. The van der Waals surface area contributed by atoms with Gasteiger partial charge in [0.25, 0.3) is 0 Å². The summed E-state index contributed by atoms with van der Waals surface area (Å²) in [6.45, 7) is 6.15. The molecule has 7 heteroatoms. The summed E-state index contributed by atoms with van der Waals surface area (Å²) < 4.78 is 26.6. The number of aryl methyl sites for hydroxylation is 1. The van der Waals surface area contributed by atoms with Crippen LogP contribution in [0.1, 0.15) is 26.0 Å². The third-order valence-electron chi connectivity index (χ3n) is 2.59. The summed E-state index contributed by atoms with van der Waals surface area (Å²) in [5.74, 6) is 0. The van der Waals surface area contributed by atoms with Crippen LogP contribution in [-0.2, 0) is 10.0 Å². The normalized spacial score (nSPS) is 12.9. The monoisotopic (exact) mass is 323 g/mol. The van der Waals surface area contributed by atoms with E-state index < -0.39 is 10.0 Å². The third kappa shape index (κ3) is 4.08. The zero-order chi connectivity index (χ0) is 13.1. The number of hydrogen-bond donors (Lipinski definition) is 2. The van der Waals surface area contributed by atoms with Gasteiger partial charge in [-0.3, -0.25) is 5.10 Å². The van der Waals surface area contributed by atoms with Crippen LogP contribution in [0, 0.1) is 12.3 Å². The van der Waals surface area contributed by atoms with E-state index in [0.29, 0.717) is 12.2 Å². The molecule has 98 valence electrons. The van der Waals surface area contributed by atoms with Crippen molar-refractivity contribution in [3.8, 4) is 0 Å². The van der Waals surface area contributed by atoms with E-state index in [9.17, 15) is 8.42 Å². The van der Waals surface area contributed by atoms with Crippen molar-refractivity contribution in [3.05, 3.63) is 11.9 Å². The van der Waals surface area contributed by atoms with Gasteiger partial charge < -0.3 is 0 Å². The minimum absolute atomic E-state index is 0.0752. The minimum atomic E-state index is -3.46. The predicted octanol–water partition coefficient (Wildman–Crippen LogP) is 1.81. The van der Waals surface area contributed by atoms with E-state index >= 15 is 0 Å². The predicted molar refractivity (Wildman–Crippen MR) is 70.7 cm³/mol. The smallest absolute Gasteiger partial charge is 0.243 e. The molecular weight excluding hydrogens is 306 g/mol. The second-order valence-electron chi connectivity index (χ2n) is 4.79. The molecule has 0 saturated heterocycles. The summed E-state index contributed by atoms with van der Waals surface area (Å²) in [7, 11) is -3.46. The molecular formula is C10H18BrN3O2S. The first-order valence-electron chi connectivity index (χ1n) is 5.34. The number of nitrogens with zero attached hydrogens (tertiary/aromatic N) is 1. The van der Waals surface area contributed by atoms with Crippen molar-refractivity contribution in [1.82, 2.24) is 14.9 Å². The molecule has 0 atom stereocenters. The van der Waals surface area contributed by atoms with Gasteiger partial charge in [0.15, 0.2) is 0 Å². The lowest BCUT2D eigenvalue weighted by Crippen LogP contribution is -2.34. The summed E-state index contributed by atoms with van der Waals surface area (Å²) in [6, 6.07) is 0. The zero-order valence-electron chi connectivity index (χ0n) is 10.2. The quantitative estimate of drug-likeness (QED) is 0.784. The fourth-order valence-electron chi connectivity index (χ4n) is 1.32. The van der Waals surface area contributed by atoms with Crippen molar-refractivity contribution in [2.75, 3.05) is 11.9 Å². The largest absolute Gasteiger partial charge is 0.281 e. The topological polar surface area (TPSA) is 74.8 Å². The van der Waals surface area contributed by atoms with Crippen LogP contribution in [0.4, 0.5) is 0 Å². The fraction of sp³-hybridized carbons (Fsp3) is 0.700. The molecule has 0 bridgehead atoms. The van der Waals surface area contributed by atoms with Crippen LogP contribution in [0.2, 0.25) is 0 Å². The number of nitrogens with one attached hydrogen (secondary N) is 2. The Morgan fingerprint density at radius 1 is 1.53 bits per heavy atom. The standard InChI is InChI=1S/C10H18BrN3O2S/c1-8-9(6-12-14-8)17(15,16)13-7-10(2,3)4-5-11/h6,13H,4-5,7H2,1-3H3,(H,12,14). The Kier molecular flexibility index (Phi) is 4.74. The summed E-state index contributed by atoms with van der Waals surface area (Å²) >= 11 is 3.36. The third-order valence-corrected chi connectivity index (χ3v) is 4.50. The van der Waals surface area contributed by atoms with Gasteiger partial charge in [0.05, 0.1) is 11.9 Å². The number of rotatable bonds is 6. The van der Waals surface area contributed by atoms with Crippen LogP contribution < -0.4 is 4.72 Å². The molecule has 1 heterocycles. The highest BCUT2D eigenvalue weighted by atomic mass is 79.9. The van der Waals surface area contributed by atoms with Gasteiger partial charge in [-0.1, -0.05) is 29.8 Å². The van der Waals surface area contributed by atoms with Gasteiger partial charge in [-0.2, -0.15) is 5.10 Å². The van der Waals surface area contributed by atoms with Crippen LogP contribution in [0.3, 0.4) is 0 Å². The molecule has 0 fully saturated rings. The van der Waals surface area contributed by atoms with Crippen molar-refractivity contribution in [1.29, 1.82) is 0 Å². The molecule has 0 radical (unpaired) electrons. The van der Waals surface area contributed by atoms with Gasteiger partial charge >= 0.3 is 0 Å². The summed E-state index contributed by atoms with van der Waals surface area (Å²) in [6.07, 6.45) is 2.23. The average molecular weight is 324 g/mol. The molecule has 0 spiro atoms. The Morgan fingerprint density at radius 2 is 2.18 bits per heavy atom. The Bertz CT molecular complexity index is 468. The van der Waals surface area contributed by atoms with Crippen LogP contribution in [0.25, 0.3) is 0 Å². The van der Waals surface area contributed by atoms with E-state index in [1.807, 2.05) is 13.8 Å². The highest BCUT2D eigenvalue weighted by Crippen LogP contribution is 2.21. The first kappa shape index (κ1) is 14.7. The van der Waals surface area contributed by atoms with Crippen molar-refractivity contribution in [2.24, 2.45) is 5.41 Å². The molecule has 0 aliphatic carbocycles. The van der Waals surface area contributed by atoms with Gasteiger partial charge in [0, 0.05) is 11.9 Å². The van der Waals surface area contributed by atoms with Crippen molar-refractivity contribution >= 4 is 26.0 Å². The fourth-order valence-corrected chi connectivity index (χ4v) is 3.77. The number of H-pyrrole nitrogens is 1. The number of alkyl halides is 1. The Morgan fingerprint density at radius 3 is 2.65 bits per heavy atom. The van der Waals surface area contributed by atoms with E-state index in [4.69, 9.17) is 0 Å². The number of aromatic nitrogens is 2. The minimum Gasteiger partial charge on any atom is -0.281 e. The van der Waals surface area contributed by atoms with Crippen LogP contribution >= 0.6 is 15.9 Å². The molecule has 2 N–H and O–H groups in total. The number of hydrogen-bond acceptors (Lipinski definition) is 3. The first-order valence-corrected chi connectivity index (χ1v) is 7.94. The lowest BCUT2D eigenvalue weighted by Gasteiger charge is -2.23. The molecule has 5 nitrogen and oxygen atoms in total. The Hall–Kier alpha value is -0.400. The lowest BCUT2D eigenvalue weighted by atomic mass is 9.91. The van der Waals surface area contributed by atoms with Gasteiger partial charge in [-0.25, -0.2) is 13.1 Å².